The van der Waals surface area contributed by atoms with Gasteiger partial charge in [0.15, 0.2) is 0 Å². The quantitative estimate of drug-likeness (QED) is 0.521. The van der Waals surface area contributed by atoms with Crippen LogP contribution in [0.25, 0.3) is 10.9 Å². The van der Waals surface area contributed by atoms with Crippen molar-refractivity contribution in [2.45, 2.75) is 31.3 Å². The number of ether oxygens (including phenoxy) is 1. The summed E-state index contributed by atoms with van der Waals surface area (Å²) in [5, 5.41) is 1.21. The molecule has 7 heteroatoms. The van der Waals surface area contributed by atoms with Crippen molar-refractivity contribution in [2.75, 3.05) is 39.9 Å². The number of likely N-dealkylation sites (tertiary alicyclic amines) is 1. The van der Waals surface area contributed by atoms with Crippen molar-refractivity contribution in [3.63, 3.8) is 0 Å². The lowest BCUT2D eigenvalue weighted by molar-refractivity contribution is -0.136. The summed E-state index contributed by atoms with van der Waals surface area (Å²) in [7, 11) is 1.59. The summed E-state index contributed by atoms with van der Waals surface area (Å²) in [4.78, 5) is 36.1. The number of amides is 3. The van der Waals surface area contributed by atoms with Crippen LogP contribution in [0, 0.1) is 0 Å². The predicted molar refractivity (Wildman–Crippen MR) is 131 cm³/mol. The van der Waals surface area contributed by atoms with Crippen LogP contribution in [0.4, 0.5) is 4.79 Å². The minimum Gasteiger partial charge on any atom is -0.383 e. The van der Waals surface area contributed by atoms with Crippen molar-refractivity contribution in [1.82, 2.24) is 19.7 Å². The molecule has 0 bridgehead atoms. The second-order valence-corrected chi connectivity index (χ2v) is 9.31. The lowest BCUT2D eigenvalue weighted by Gasteiger charge is -2.42. The number of carbonyl (C=O) groups excluding carboxylic acids is 2. The van der Waals surface area contributed by atoms with Crippen molar-refractivity contribution < 1.29 is 14.3 Å². The molecule has 0 unspecified atom stereocenters. The van der Waals surface area contributed by atoms with Crippen LogP contribution >= 0.6 is 0 Å². The SMILES string of the molecule is COCCN1C(=O)N(CCc2ccccc2)C2(CCN(Cc3cc4ccccc4[nH]3)CC2)C1=O. The van der Waals surface area contributed by atoms with Gasteiger partial charge in [-0.05, 0) is 42.3 Å². The number of fused-ring (bicyclic) bond motifs is 1. The van der Waals surface area contributed by atoms with Crippen molar-refractivity contribution in [3.8, 4) is 0 Å². The van der Waals surface area contributed by atoms with E-state index in [0.29, 0.717) is 32.5 Å². The molecule has 7 nitrogen and oxygen atoms in total. The largest absolute Gasteiger partial charge is 0.383 e. The standard InChI is InChI=1S/C27H32N4O3/c1-34-18-17-30-25(32)27(31(26(30)33)14-11-21-7-3-2-4-8-21)12-15-29(16-13-27)20-23-19-22-9-5-6-10-24(22)28-23/h2-10,19,28H,11-18,20H2,1H3. The topological polar surface area (TPSA) is 68.9 Å². The van der Waals surface area contributed by atoms with Crippen molar-refractivity contribution >= 4 is 22.8 Å². The average Bonchev–Trinajstić information content (AvgIpc) is 3.35. The Morgan fingerprint density at radius 2 is 1.71 bits per heavy atom. The number of para-hydroxylation sites is 1. The smallest absolute Gasteiger partial charge is 0.327 e. The normalized spacial score (nSPS) is 18.5. The summed E-state index contributed by atoms with van der Waals surface area (Å²) >= 11 is 0. The predicted octanol–water partition coefficient (Wildman–Crippen LogP) is 3.66. The van der Waals surface area contributed by atoms with E-state index in [4.69, 9.17) is 4.74 Å². The fourth-order valence-electron chi connectivity index (χ4n) is 5.38. The van der Waals surface area contributed by atoms with Gasteiger partial charge in [0.25, 0.3) is 5.91 Å². The maximum Gasteiger partial charge on any atom is 0.327 e. The van der Waals surface area contributed by atoms with E-state index in [1.165, 1.54) is 21.5 Å². The van der Waals surface area contributed by atoms with Crippen molar-refractivity contribution in [1.29, 1.82) is 0 Å². The molecule has 178 valence electrons. The molecular weight excluding hydrogens is 428 g/mol. The summed E-state index contributed by atoms with van der Waals surface area (Å²) in [5.41, 5.74) is 2.73. The number of benzene rings is 2. The minimum atomic E-state index is -0.753. The molecule has 3 amide bonds. The molecule has 0 radical (unpaired) electrons. The molecule has 3 aromatic rings. The summed E-state index contributed by atoms with van der Waals surface area (Å²) < 4.78 is 5.17. The van der Waals surface area contributed by atoms with Crippen molar-refractivity contribution in [3.05, 3.63) is 71.9 Å². The van der Waals surface area contributed by atoms with E-state index in [1.54, 1.807) is 7.11 Å². The highest BCUT2D eigenvalue weighted by atomic mass is 16.5. The molecule has 0 saturated carbocycles. The highest BCUT2D eigenvalue weighted by Crippen LogP contribution is 2.37. The lowest BCUT2D eigenvalue weighted by Crippen LogP contribution is -2.56. The summed E-state index contributed by atoms with van der Waals surface area (Å²) in [6.45, 7) is 3.55. The van der Waals surface area contributed by atoms with E-state index in [1.807, 2.05) is 35.2 Å². The number of imide groups is 1. The third-order valence-corrected chi connectivity index (χ3v) is 7.27. The fourth-order valence-corrected chi connectivity index (χ4v) is 5.38. The number of rotatable bonds is 8. The number of urea groups is 1. The van der Waals surface area contributed by atoms with Crippen LogP contribution in [0.15, 0.2) is 60.7 Å². The van der Waals surface area contributed by atoms with Gasteiger partial charge in [-0.1, -0.05) is 48.5 Å². The van der Waals surface area contributed by atoms with E-state index in [2.05, 4.69) is 40.2 Å². The molecule has 2 aliphatic rings. The molecule has 2 aromatic carbocycles. The van der Waals surface area contributed by atoms with Gasteiger partial charge in [0, 0.05) is 44.5 Å². The number of nitrogens with zero attached hydrogens (tertiary/aromatic N) is 3. The zero-order valence-electron chi connectivity index (χ0n) is 19.7. The van der Waals surface area contributed by atoms with E-state index >= 15 is 0 Å². The third kappa shape index (κ3) is 4.21. The number of aromatic amines is 1. The van der Waals surface area contributed by atoms with Crippen LogP contribution in [0.2, 0.25) is 0 Å². The second-order valence-electron chi connectivity index (χ2n) is 9.31. The molecule has 0 aliphatic carbocycles. The Labute approximate surface area is 200 Å². The first kappa shape index (κ1) is 22.6. The van der Waals surface area contributed by atoms with Gasteiger partial charge in [-0.2, -0.15) is 0 Å². The monoisotopic (exact) mass is 460 g/mol. The van der Waals surface area contributed by atoms with E-state index < -0.39 is 5.54 Å². The molecule has 1 spiro atoms. The number of piperidine rings is 1. The fraction of sp³-hybridized carbons (Fsp3) is 0.407. The molecule has 2 fully saturated rings. The van der Waals surface area contributed by atoms with Crippen LogP contribution in [0.3, 0.4) is 0 Å². The Balaban J connectivity index is 1.31. The van der Waals surface area contributed by atoms with Gasteiger partial charge in [0.05, 0.1) is 13.2 Å². The number of hydrogen-bond donors (Lipinski definition) is 1. The molecule has 1 N–H and O–H groups in total. The van der Waals surface area contributed by atoms with Gasteiger partial charge in [0.1, 0.15) is 5.54 Å². The summed E-state index contributed by atoms with van der Waals surface area (Å²) in [6, 6.07) is 20.5. The highest BCUT2D eigenvalue weighted by molar-refractivity contribution is 6.07. The van der Waals surface area contributed by atoms with Crippen LogP contribution < -0.4 is 0 Å². The summed E-state index contributed by atoms with van der Waals surface area (Å²) in [6.07, 6.45) is 2.03. The Morgan fingerprint density at radius 1 is 0.971 bits per heavy atom. The number of methoxy groups -OCH3 is 1. The van der Waals surface area contributed by atoms with Crippen LogP contribution in [-0.4, -0.2) is 77.1 Å². The zero-order chi connectivity index (χ0) is 23.5. The van der Waals surface area contributed by atoms with Crippen LogP contribution in [-0.2, 0) is 22.5 Å². The first-order valence-corrected chi connectivity index (χ1v) is 12.1. The molecule has 3 heterocycles. The molecule has 5 rings (SSSR count). The first-order chi connectivity index (χ1) is 16.6. The van der Waals surface area contributed by atoms with Crippen LogP contribution in [0.1, 0.15) is 24.1 Å². The Kier molecular flexibility index (Phi) is 6.39. The van der Waals surface area contributed by atoms with E-state index in [-0.39, 0.29) is 11.9 Å². The highest BCUT2D eigenvalue weighted by Gasteiger charge is 2.57. The van der Waals surface area contributed by atoms with E-state index in [0.717, 1.165) is 31.6 Å². The van der Waals surface area contributed by atoms with Gasteiger partial charge in [0.2, 0.25) is 0 Å². The summed E-state index contributed by atoms with van der Waals surface area (Å²) in [5.74, 6) is -0.0622. The van der Waals surface area contributed by atoms with Gasteiger partial charge in [-0.3, -0.25) is 14.6 Å². The zero-order valence-corrected chi connectivity index (χ0v) is 19.7. The number of nitrogens with one attached hydrogen (secondary N) is 1. The van der Waals surface area contributed by atoms with E-state index in [9.17, 15) is 9.59 Å². The Bertz CT molecular complexity index is 1120. The van der Waals surface area contributed by atoms with Gasteiger partial charge in [-0.25, -0.2) is 4.79 Å². The van der Waals surface area contributed by atoms with Gasteiger partial charge >= 0.3 is 6.03 Å². The van der Waals surface area contributed by atoms with Crippen LogP contribution in [0.5, 0.6) is 0 Å². The maximum absolute atomic E-state index is 13.6. The Morgan fingerprint density at radius 3 is 2.44 bits per heavy atom. The number of H-pyrrole nitrogens is 1. The first-order valence-electron chi connectivity index (χ1n) is 12.1. The average molecular weight is 461 g/mol. The molecule has 2 saturated heterocycles. The number of aromatic nitrogens is 1. The lowest BCUT2D eigenvalue weighted by atomic mass is 9.85. The minimum absolute atomic E-state index is 0.0622. The number of carbonyl (C=O) groups is 2. The second kappa shape index (κ2) is 9.60. The molecule has 34 heavy (non-hydrogen) atoms. The number of hydrogen-bond acceptors (Lipinski definition) is 4. The molecule has 2 aliphatic heterocycles. The molecule has 1 aromatic heterocycles. The molecular formula is C27H32N4O3. The maximum atomic E-state index is 13.6. The Hall–Kier alpha value is -3.16. The van der Waals surface area contributed by atoms with Crippen molar-refractivity contribution in [2.24, 2.45) is 0 Å². The third-order valence-electron chi connectivity index (χ3n) is 7.27. The van der Waals surface area contributed by atoms with Gasteiger partial charge in [-0.15, -0.1) is 0 Å². The van der Waals surface area contributed by atoms with Gasteiger partial charge < -0.3 is 14.6 Å². The molecule has 0 atom stereocenters.